The number of nitrogen functional groups attached to an aromatic ring is 1. The number of carbonyl (C=O) groups excluding carboxylic acids is 1. The van der Waals surface area contributed by atoms with Crippen molar-refractivity contribution in [3.63, 3.8) is 0 Å². The highest BCUT2D eigenvalue weighted by molar-refractivity contribution is 7.89. The van der Waals surface area contributed by atoms with Crippen LogP contribution in [0.15, 0.2) is 17.0 Å². The second-order valence-electron chi connectivity index (χ2n) is 5.11. The first-order chi connectivity index (χ1) is 9.31. The summed E-state index contributed by atoms with van der Waals surface area (Å²) in [6.45, 7) is 3.15. The van der Waals surface area contributed by atoms with Crippen LogP contribution in [0, 0.1) is 13.8 Å². The predicted molar refractivity (Wildman–Crippen MR) is 76.7 cm³/mol. The summed E-state index contributed by atoms with van der Waals surface area (Å²) in [6.07, 6.45) is 1.92. The molecule has 1 aromatic carbocycles. The first kappa shape index (κ1) is 14.8. The molecular formula is C13H19N3O3S. The molecular weight excluding hydrogens is 278 g/mol. The van der Waals surface area contributed by atoms with Crippen molar-refractivity contribution in [2.75, 3.05) is 12.3 Å². The van der Waals surface area contributed by atoms with E-state index in [1.807, 2.05) is 0 Å². The van der Waals surface area contributed by atoms with Crippen LogP contribution >= 0.6 is 0 Å². The van der Waals surface area contributed by atoms with Gasteiger partial charge in [-0.25, -0.2) is 13.1 Å². The van der Waals surface area contributed by atoms with Crippen LogP contribution in [0.5, 0.6) is 0 Å². The van der Waals surface area contributed by atoms with Gasteiger partial charge in [-0.3, -0.25) is 4.79 Å². The molecule has 110 valence electrons. The van der Waals surface area contributed by atoms with Gasteiger partial charge in [-0.2, -0.15) is 0 Å². The van der Waals surface area contributed by atoms with Gasteiger partial charge in [0.25, 0.3) is 0 Å². The Balaban J connectivity index is 2.13. The average molecular weight is 297 g/mol. The number of nitrogens with one attached hydrogen (secondary N) is 2. The maximum Gasteiger partial charge on any atom is 0.243 e. The molecule has 0 atom stereocenters. The minimum Gasteiger partial charge on any atom is -0.397 e. The van der Waals surface area contributed by atoms with E-state index >= 15 is 0 Å². The Labute approximate surface area is 118 Å². The number of hydrogen-bond donors (Lipinski definition) is 3. The summed E-state index contributed by atoms with van der Waals surface area (Å²) < 4.78 is 26.8. The van der Waals surface area contributed by atoms with Crippen molar-refractivity contribution >= 4 is 21.6 Å². The number of amides is 1. The molecule has 1 aliphatic carbocycles. The van der Waals surface area contributed by atoms with Crippen molar-refractivity contribution in [1.29, 1.82) is 0 Å². The molecule has 1 aromatic rings. The summed E-state index contributed by atoms with van der Waals surface area (Å²) in [6, 6.07) is 3.67. The molecule has 7 heteroatoms. The number of aryl methyl sites for hydroxylation is 2. The Morgan fingerprint density at radius 1 is 1.30 bits per heavy atom. The topological polar surface area (TPSA) is 101 Å². The zero-order valence-electron chi connectivity index (χ0n) is 11.6. The Hall–Kier alpha value is -1.60. The fraction of sp³-hybridized carbons (Fsp3) is 0.462. The van der Waals surface area contributed by atoms with Crippen LogP contribution in [-0.4, -0.2) is 26.9 Å². The molecule has 6 nitrogen and oxygen atoms in total. The van der Waals surface area contributed by atoms with Gasteiger partial charge in [0, 0.05) is 6.04 Å². The van der Waals surface area contributed by atoms with Crippen LogP contribution in [0.4, 0.5) is 5.69 Å². The molecule has 0 radical (unpaired) electrons. The Morgan fingerprint density at radius 3 is 2.50 bits per heavy atom. The predicted octanol–water partition coefficient (Wildman–Crippen LogP) is 0.443. The standard InChI is InChI=1S/C13H19N3O3S/c1-8-3-4-9(2)13(12(8)14)20(18,19)15-7-11(17)16-10-5-6-10/h3-4,10,15H,5-7,14H2,1-2H3,(H,16,17). The summed E-state index contributed by atoms with van der Waals surface area (Å²) >= 11 is 0. The van der Waals surface area contributed by atoms with Gasteiger partial charge in [0.05, 0.1) is 12.2 Å². The molecule has 1 aliphatic rings. The van der Waals surface area contributed by atoms with E-state index in [1.165, 1.54) is 0 Å². The molecule has 0 aliphatic heterocycles. The van der Waals surface area contributed by atoms with Crippen LogP contribution in [0.25, 0.3) is 0 Å². The first-order valence-corrected chi connectivity index (χ1v) is 7.94. The highest BCUT2D eigenvalue weighted by atomic mass is 32.2. The zero-order chi connectivity index (χ0) is 14.9. The van der Waals surface area contributed by atoms with Crippen LogP contribution < -0.4 is 15.8 Å². The largest absolute Gasteiger partial charge is 0.397 e. The van der Waals surface area contributed by atoms with E-state index in [1.54, 1.807) is 26.0 Å². The molecule has 0 saturated heterocycles. The van der Waals surface area contributed by atoms with Crippen molar-refractivity contribution in [2.45, 2.75) is 37.6 Å². The molecule has 20 heavy (non-hydrogen) atoms. The van der Waals surface area contributed by atoms with Gasteiger partial charge in [0.1, 0.15) is 4.90 Å². The lowest BCUT2D eigenvalue weighted by atomic mass is 10.1. The van der Waals surface area contributed by atoms with E-state index in [9.17, 15) is 13.2 Å². The summed E-state index contributed by atoms with van der Waals surface area (Å²) in [5, 5.41) is 2.72. The quantitative estimate of drug-likeness (QED) is 0.686. The molecule has 1 amide bonds. The molecule has 0 heterocycles. The molecule has 0 bridgehead atoms. The number of rotatable bonds is 5. The van der Waals surface area contributed by atoms with E-state index in [4.69, 9.17) is 5.73 Å². The summed E-state index contributed by atoms with van der Waals surface area (Å²) in [7, 11) is -3.79. The number of nitrogens with two attached hydrogens (primary N) is 1. The van der Waals surface area contributed by atoms with Crippen molar-refractivity contribution in [3.8, 4) is 0 Å². The van der Waals surface area contributed by atoms with Crippen LogP contribution in [-0.2, 0) is 14.8 Å². The van der Waals surface area contributed by atoms with Gasteiger partial charge >= 0.3 is 0 Å². The third-order valence-electron chi connectivity index (χ3n) is 3.24. The summed E-state index contributed by atoms with van der Waals surface area (Å²) in [5.41, 5.74) is 7.32. The molecule has 1 fully saturated rings. The summed E-state index contributed by atoms with van der Waals surface area (Å²) in [5.74, 6) is -0.319. The second kappa shape index (κ2) is 5.41. The van der Waals surface area contributed by atoms with Gasteiger partial charge in [-0.05, 0) is 37.8 Å². The Morgan fingerprint density at radius 2 is 1.90 bits per heavy atom. The highest BCUT2D eigenvalue weighted by Crippen LogP contribution is 2.25. The van der Waals surface area contributed by atoms with E-state index in [0.29, 0.717) is 11.1 Å². The lowest BCUT2D eigenvalue weighted by molar-refractivity contribution is -0.120. The van der Waals surface area contributed by atoms with Crippen molar-refractivity contribution < 1.29 is 13.2 Å². The monoisotopic (exact) mass is 297 g/mol. The van der Waals surface area contributed by atoms with Gasteiger partial charge in [0.15, 0.2) is 0 Å². The fourth-order valence-corrected chi connectivity index (χ4v) is 3.31. The number of carbonyl (C=O) groups is 1. The third-order valence-corrected chi connectivity index (χ3v) is 4.85. The summed E-state index contributed by atoms with van der Waals surface area (Å²) in [4.78, 5) is 11.6. The molecule has 1 saturated carbocycles. The zero-order valence-corrected chi connectivity index (χ0v) is 12.4. The van der Waals surface area contributed by atoms with E-state index < -0.39 is 10.0 Å². The molecule has 2 rings (SSSR count). The third kappa shape index (κ3) is 3.29. The molecule has 0 unspecified atom stereocenters. The van der Waals surface area contributed by atoms with Gasteiger partial charge in [-0.15, -0.1) is 0 Å². The van der Waals surface area contributed by atoms with E-state index in [0.717, 1.165) is 12.8 Å². The van der Waals surface area contributed by atoms with Gasteiger partial charge in [-0.1, -0.05) is 12.1 Å². The molecule has 0 aromatic heterocycles. The number of hydrogen-bond acceptors (Lipinski definition) is 4. The first-order valence-electron chi connectivity index (χ1n) is 6.46. The maximum atomic E-state index is 12.3. The van der Waals surface area contributed by atoms with Crippen molar-refractivity contribution in [1.82, 2.24) is 10.0 Å². The SMILES string of the molecule is Cc1ccc(C)c(S(=O)(=O)NCC(=O)NC2CC2)c1N. The van der Waals surface area contributed by atoms with Crippen LogP contribution in [0.3, 0.4) is 0 Å². The van der Waals surface area contributed by atoms with Crippen LogP contribution in [0.2, 0.25) is 0 Å². The average Bonchev–Trinajstić information content (AvgIpc) is 3.16. The van der Waals surface area contributed by atoms with Crippen molar-refractivity contribution in [2.24, 2.45) is 0 Å². The van der Waals surface area contributed by atoms with Gasteiger partial charge < -0.3 is 11.1 Å². The molecule has 4 N–H and O–H groups in total. The number of benzene rings is 1. The number of anilines is 1. The maximum absolute atomic E-state index is 12.3. The van der Waals surface area contributed by atoms with E-state index in [-0.39, 0.29) is 29.1 Å². The lowest BCUT2D eigenvalue weighted by Gasteiger charge is -2.13. The van der Waals surface area contributed by atoms with Crippen molar-refractivity contribution in [3.05, 3.63) is 23.3 Å². The minimum atomic E-state index is -3.79. The second-order valence-corrected chi connectivity index (χ2v) is 6.81. The molecule has 0 spiro atoms. The highest BCUT2D eigenvalue weighted by Gasteiger charge is 2.25. The Kier molecular flexibility index (Phi) is 4.01. The lowest BCUT2D eigenvalue weighted by Crippen LogP contribution is -2.38. The number of sulfonamides is 1. The fourth-order valence-electron chi connectivity index (χ4n) is 1.90. The van der Waals surface area contributed by atoms with Gasteiger partial charge in [0.2, 0.25) is 15.9 Å². The normalized spacial score (nSPS) is 15.1. The van der Waals surface area contributed by atoms with E-state index in [2.05, 4.69) is 10.0 Å². The van der Waals surface area contributed by atoms with Crippen LogP contribution in [0.1, 0.15) is 24.0 Å². The minimum absolute atomic E-state index is 0.0525. The smallest absolute Gasteiger partial charge is 0.243 e. The Bertz CT molecular complexity index is 637.